The Hall–Kier alpha value is -2.77. The van der Waals surface area contributed by atoms with Gasteiger partial charge in [-0.25, -0.2) is 4.98 Å². The number of nitrogens with one attached hydrogen (secondary N) is 1. The lowest BCUT2D eigenvalue weighted by atomic mass is 9.97. The van der Waals surface area contributed by atoms with Gasteiger partial charge in [0.15, 0.2) is 0 Å². The summed E-state index contributed by atoms with van der Waals surface area (Å²) in [6.07, 6.45) is 4.12. The van der Waals surface area contributed by atoms with Crippen LogP contribution in [0.4, 0.5) is 5.69 Å². The fraction of sp³-hybridized carbons (Fsp3) is 0.240. The Morgan fingerprint density at radius 1 is 1.09 bits per heavy atom. The van der Waals surface area contributed by atoms with Crippen molar-refractivity contribution in [2.24, 2.45) is 0 Å². The zero-order chi connectivity index (χ0) is 22.2. The molecule has 0 radical (unpaired) electrons. The summed E-state index contributed by atoms with van der Waals surface area (Å²) < 4.78 is 2.50. The van der Waals surface area contributed by atoms with E-state index in [1.807, 2.05) is 54.6 Å². The van der Waals surface area contributed by atoms with Gasteiger partial charge >= 0.3 is 0 Å². The molecular formula is C25H22BrN3O2S. The first-order chi connectivity index (χ1) is 15.5. The number of hydrogen-bond donors (Lipinski definition) is 1. The molecule has 0 spiro atoms. The molecule has 1 aliphatic carbocycles. The molecule has 1 atom stereocenters. The van der Waals surface area contributed by atoms with Gasteiger partial charge in [0.1, 0.15) is 16.7 Å². The molecule has 2 aromatic carbocycles. The van der Waals surface area contributed by atoms with Crippen molar-refractivity contribution in [1.29, 1.82) is 0 Å². The second kappa shape index (κ2) is 8.64. The number of amides is 1. The number of carbonyl (C=O) groups excluding carboxylic acids is 1. The average molecular weight is 508 g/mol. The first-order valence-corrected chi connectivity index (χ1v) is 12.3. The van der Waals surface area contributed by atoms with E-state index in [4.69, 9.17) is 4.98 Å². The van der Waals surface area contributed by atoms with Crippen LogP contribution in [-0.4, -0.2) is 15.5 Å². The van der Waals surface area contributed by atoms with Crippen molar-refractivity contribution < 1.29 is 4.79 Å². The first-order valence-electron chi connectivity index (χ1n) is 10.7. The number of carbonyl (C=O) groups is 1. The minimum atomic E-state index is -0.725. The summed E-state index contributed by atoms with van der Waals surface area (Å²) >= 11 is 5.03. The smallest absolute Gasteiger partial charge is 0.263 e. The summed E-state index contributed by atoms with van der Waals surface area (Å²) in [5.74, 6) is 0.275. The van der Waals surface area contributed by atoms with Crippen molar-refractivity contribution in [3.8, 4) is 11.4 Å². The molecule has 162 valence electrons. The highest BCUT2D eigenvalue weighted by Gasteiger charge is 2.27. The fourth-order valence-electron chi connectivity index (χ4n) is 4.26. The van der Waals surface area contributed by atoms with E-state index in [1.165, 1.54) is 4.88 Å². The fourth-order valence-corrected chi connectivity index (χ4v) is 5.78. The predicted molar refractivity (Wildman–Crippen MR) is 133 cm³/mol. The molecule has 0 aliphatic heterocycles. The van der Waals surface area contributed by atoms with Gasteiger partial charge in [0.2, 0.25) is 5.91 Å². The maximum Gasteiger partial charge on any atom is 0.263 e. The van der Waals surface area contributed by atoms with Crippen molar-refractivity contribution in [2.75, 3.05) is 5.32 Å². The summed E-state index contributed by atoms with van der Waals surface area (Å²) in [5.41, 5.74) is 2.50. The van der Waals surface area contributed by atoms with Gasteiger partial charge in [0, 0.05) is 20.6 Å². The van der Waals surface area contributed by atoms with Crippen LogP contribution in [0.2, 0.25) is 0 Å². The van der Waals surface area contributed by atoms with Crippen molar-refractivity contribution in [2.45, 2.75) is 38.6 Å². The zero-order valence-electron chi connectivity index (χ0n) is 17.6. The van der Waals surface area contributed by atoms with Gasteiger partial charge in [-0.2, -0.15) is 0 Å². The summed E-state index contributed by atoms with van der Waals surface area (Å²) in [5, 5.41) is 3.62. The Kier molecular flexibility index (Phi) is 5.69. The summed E-state index contributed by atoms with van der Waals surface area (Å²) in [7, 11) is 0. The lowest BCUT2D eigenvalue weighted by Crippen LogP contribution is -2.33. The van der Waals surface area contributed by atoms with Crippen LogP contribution in [-0.2, 0) is 17.6 Å². The molecule has 2 heterocycles. The Morgan fingerprint density at radius 3 is 2.56 bits per heavy atom. The van der Waals surface area contributed by atoms with E-state index >= 15 is 0 Å². The normalized spacial score (nSPS) is 14.2. The van der Waals surface area contributed by atoms with E-state index in [0.717, 1.165) is 46.1 Å². The SMILES string of the molecule is CC(C(=O)Nc1ccc(Br)cc1)n1c(-c2ccccc2)nc2sc3c(c2c1=O)CCCC3. The van der Waals surface area contributed by atoms with Crippen LogP contribution in [0.25, 0.3) is 21.6 Å². The van der Waals surface area contributed by atoms with Crippen LogP contribution >= 0.6 is 27.3 Å². The standard InChI is InChI=1S/C25H22BrN3O2S/c1-15(23(30)27-18-13-11-17(26)12-14-18)29-22(16-7-3-2-4-8-16)28-24-21(25(29)31)19-9-5-6-10-20(19)32-24/h2-4,7-8,11-15H,5-6,9-10H2,1H3,(H,27,30). The number of thiophene rings is 1. The number of aromatic nitrogens is 2. The van der Waals surface area contributed by atoms with Crippen molar-refractivity contribution >= 4 is 49.1 Å². The number of rotatable bonds is 4. The van der Waals surface area contributed by atoms with E-state index in [0.29, 0.717) is 16.9 Å². The quantitative estimate of drug-likeness (QED) is 0.370. The zero-order valence-corrected chi connectivity index (χ0v) is 20.0. The molecule has 4 aromatic rings. The molecule has 1 amide bonds. The third-order valence-corrected chi connectivity index (χ3v) is 7.65. The lowest BCUT2D eigenvalue weighted by Gasteiger charge is -2.19. The number of benzene rings is 2. The molecule has 1 N–H and O–H groups in total. The Labute approximate surface area is 198 Å². The molecule has 0 fully saturated rings. The second-order valence-electron chi connectivity index (χ2n) is 8.04. The van der Waals surface area contributed by atoms with Crippen LogP contribution in [0, 0.1) is 0 Å². The molecule has 32 heavy (non-hydrogen) atoms. The van der Waals surface area contributed by atoms with Gasteiger partial charge in [-0.3, -0.25) is 14.2 Å². The van der Waals surface area contributed by atoms with Crippen LogP contribution < -0.4 is 10.9 Å². The minimum Gasteiger partial charge on any atom is -0.324 e. The lowest BCUT2D eigenvalue weighted by molar-refractivity contribution is -0.118. The van der Waals surface area contributed by atoms with Gasteiger partial charge in [-0.1, -0.05) is 46.3 Å². The highest BCUT2D eigenvalue weighted by atomic mass is 79.9. The number of hydrogen-bond acceptors (Lipinski definition) is 4. The molecular weight excluding hydrogens is 486 g/mol. The van der Waals surface area contributed by atoms with Crippen molar-refractivity contribution in [3.63, 3.8) is 0 Å². The molecule has 5 rings (SSSR count). The molecule has 2 aromatic heterocycles. The third kappa shape index (κ3) is 3.80. The van der Waals surface area contributed by atoms with Gasteiger partial charge in [0.25, 0.3) is 5.56 Å². The topological polar surface area (TPSA) is 64.0 Å². The van der Waals surface area contributed by atoms with Crippen LogP contribution in [0.15, 0.2) is 63.9 Å². The number of fused-ring (bicyclic) bond motifs is 3. The molecule has 1 aliphatic rings. The molecule has 7 heteroatoms. The maximum absolute atomic E-state index is 13.8. The van der Waals surface area contributed by atoms with Gasteiger partial charge in [0.05, 0.1) is 5.39 Å². The van der Waals surface area contributed by atoms with Gasteiger partial charge < -0.3 is 5.32 Å². The molecule has 5 nitrogen and oxygen atoms in total. The Bertz CT molecular complexity index is 1360. The Balaban J connectivity index is 1.65. The van der Waals surface area contributed by atoms with E-state index in [1.54, 1.807) is 22.8 Å². The second-order valence-corrected chi connectivity index (χ2v) is 10.0. The molecule has 0 saturated carbocycles. The number of anilines is 1. The van der Waals surface area contributed by atoms with E-state index in [-0.39, 0.29) is 11.5 Å². The number of aryl methyl sites for hydroxylation is 2. The van der Waals surface area contributed by atoms with Gasteiger partial charge in [-0.15, -0.1) is 11.3 Å². The van der Waals surface area contributed by atoms with E-state index in [9.17, 15) is 9.59 Å². The summed E-state index contributed by atoms with van der Waals surface area (Å²) in [6, 6.07) is 16.3. The number of halogens is 1. The van der Waals surface area contributed by atoms with Crippen LogP contribution in [0.5, 0.6) is 0 Å². The monoisotopic (exact) mass is 507 g/mol. The molecule has 0 saturated heterocycles. The highest BCUT2D eigenvalue weighted by Crippen LogP contribution is 2.35. The summed E-state index contributed by atoms with van der Waals surface area (Å²) in [6.45, 7) is 1.76. The van der Waals surface area contributed by atoms with Crippen LogP contribution in [0.3, 0.4) is 0 Å². The van der Waals surface area contributed by atoms with Gasteiger partial charge in [-0.05, 0) is 62.4 Å². The average Bonchev–Trinajstić information content (AvgIpc) is 3.19. The predicted octanol–water partition coefficient (Wildman–Crippen LogP) is 5.97. The van der Waals surface area contributed by atoms with Crippen molar-refractivity contribution in [1.82, 2.24) is 9.55 Å². The van der Waals surface area contributed by atoms with E-state index in [2.05, 4.69) is 21.2 Å². The minimum absolute atomic E-state index is 0.133. The highest BCUT2D eigenvalue weighted by molar-refractivity contribution is 9.10. The number of nitrogens with zero attached hydrogens (tertiary/aromatic N) is 2. The third-order valence-electron chi connectivity index (χ3n) is 5.93. The maximum atomic E-state index is 13.8. The molecule has 1 unspecified atom stereocenters. The first kappa shape index (κ1) is 21.1. The molecule has 0 bridgehead atoms. The van der Waals surface area contributed by atoms with E-state index < -0.39 is 6.04 Å². The largest absolute Gasteiger partial charge is 0.324 e. The Morgan fingerprint density at radius 2 is 1.81 bits per heavy atom. The summed E-state index contributed by atoms with van der Waals surface area (Å²) in [4.78, 5) is 34.0. The van der Waals surface area contributed by atoms with Crippen LogP contribution in [0.1, 0.15) is 36.2 Å². The van der Waals surface area contributed by atoms with Crippen molar-refractivity contribution in [3.05, 3.63) is 79.9 Å².